The summed E-state index contributed by atoms with van der Waals surface area (Å²) in [7, 11) is 0. The summed E-state index contributed by atoms with van der Waals surface area (Å²) in [5.74, 6) is 0. The first-order valence-electron chi connectivity index (χ1n) is 0. The van der Waals surface area contributed by atoms with Gasteiger partial charge in [-0.15, -0.1) is 0 Å². The Kier molecular flexibility index (Phi) is 3350. The molecular weight excluding hydrogens is 96.9 g/mol. The first-order chi connectivity index (χ1) is 0. The van der Waals surface area contributed by atoms with Gasteiger partial charge in [-0.05, 0) is 0 Å². The smallest absolute Gasteiger partial charge is 2.00 e. The molecule has 4 heteroatoms. The van der Waals surface area contributed by atoms with Gasteiger partial charge in [0, 0.05) is 0 Å². The van der Waals surface area contributed by atoms with E-state index in [9.17, 15) is 0 Å². The maximum atomic E-state index is 0. The van der Waals surface area contributed by atoms with Gasteiger partial charge in [0.15, 0.2) is 0 Å². The molecule has 0 aliphatic heterocycles. The van der Waals surface area contributed by atoms with Gasteiger partial charge in [-0.1, -0.05) is 0 Å². The van der Waals surface area contributed by atoms with E-state index in [2.05, 4.69) is 0 Å². The van der Waals surface area contributed by atoms with Gasteiger partial charge in [0.2, 0.25) is 0 Å². The van der Waals surface area contributed by atoms with Gasteiger partial charge < -0.3 is 16.3 Å². The quantitative estimate of drug-likeness (QED) is 0.321. The monoisotopic (exact) mass is 101 g/mol. The molecule has 0 aliphatic rings. The maximum absolute atomic E-state index is 0. The molecule has 0 aromatic heterocycles. The Morgan fingerprint density at radius 1 is 1.00 bits per heavy atom. The van der Waals surface area contributed by atoms with E-state index >= 15 is 0 Å². The van der Waals surface area contributed by atoms with Crippen LogP contribution in [0.2, 0.25) is 0 Å². The van der Waals surface area contributed by atoms with Gasteiger partial charge >= 0.3 is 21.7 Å². The molecule has 0 saturated carbocycles. The second-order valence-corrected chi connectivity index (χ2v) is 0. The molecule has 0 amide bonds. The summed E-state index contributed by atoms with van der Waals surface area (Å²) in [5, 5.41) is 0. The second-order valence-electron chi connectivity index (χ2n) is 0. The average Bonchev–Trinajstić information content (AvgIpc) is 0. The fourth-order valence-electron chi connectivity index (χ4n) is 0. The zero-order valence-corrected chi connectivity index (χ0v) is 3.85. The summed E-state index contributed by atoms with van der Waals surface area (Å²) in [6.45, 7) is 0. The van der Waals surface area contributed by atoms with Gasteiger partial charge in [0.05, 0.1) is 0 Å². The number of hydrogen-bond donors (Lipinski definition) is 1. The van der Waals surface area contributed by atoms with E-state index in [1.165, 1.54) is 0 Å². The summed E-state index contributed by atoms with van der Waals surface area (Å²) in [4.78, 5) is 0. The molecule has 4 N–H and O–H groups in total. The third kappa shape index (κ3) is 19.7. The van der Waals surface area contributed by atoms with Crippen LogP contribution in [0.5, 0.6) is 0 Å². The zero-order chi connectivity index (χ0) is 0. The van der Waals surface area contributed by atoms with Crippen LogP contribution < -0.4 is 10.9 Å². The van der Waals surface area contributed by atoms with Crippen molar-refractivity contribution in [3.8, 4) is 0 Å². The fourth-order valence-corrected chi connectivity index (χ4v) is 0. The van der Waals surface area contributed by atoms with Crippen LogP contribution in [0.3, 0.4) is 0 Å². The molecule has 0 aliphatic carbocycles. The van der Waals surface area contributed by atoms with Gasteiger partial charge in [-0.2, -0.15) is 0 Å². The largest absolute Gasteiger partial charge is 2.00 e. The van der Waals surface area contributed by atoms with Crippen LogP contribution >= 0.6 is 0 Å². The van der Waals surface area contributed by atoms with Gasteiger partial charge in [-0.25, -0.2) is 0 Å². The predicted octanol–water partition coefficient (Wildman–Crippen LogP) is -2.74. The average molecular weight is 101 g/mol. The molecule has 26 valence electrons. The number of hydrogen-bond acceptors (Lipinski definition) is 0. The van der Waals surface area contributed by atoms with E-state index in [-0.39, 0.29) is 38.0 Å². The molecular formula is H4FNOTi. The van der Waals surface area contributed by atoms with Crippen molar-refractivity contribution in [2.75, 3.05) is 0 Å². The van der Waals surface area contributed by atoms with Crippen LogP contribution in [0.25, 0.3) is 0 Å². The molecule has 0 rings (SSSR count). The molecule has 0 aromatic rings. The Balaban J connectivity index is 0. The van der Waals surface area contributed by atoms with E-state index in [0.717, 1.165) is 0 Å². The van der Waals surface area contributed by atoms with Crippen molar-refractivity contribution in [2.24, 2.45) is 0 Å². The van der Waals surface area contributed by atoms with Crippen LogP contribution in [-0.4, -0.2) is 0 Å². The normalized spacial score (nSPS) is 0. The summed E-state index contributed by atoms with van der Waals surface area (Å²) in [6, 6.07) is 0. The van der Waals surface area contributed by atoms with Crippen molar-refractivity contribution < 1.29 is 31.9 Å². The standard InChI is InChI=1S/FH.H3N.O.Ti/h1H;1H3;;/q;;-2;+2. The van der Waals surface area contributed by atoms with Crippen molar-refractivity contribution in [1.29, 1.82) is 0 Å². The Morgan fingerprint density at radius 2 is 1.00 bits per heavy atom. The van der Waals surface area contributed by atoms with E-state index in [1.54, 1.807) is 0 Å². The molecule has 0 atom stereocenters. The molecule has 4 heavy (non-hydrogen) atoms. The number of quaternary nitrogens is 1. The van der Waals surface area contributed by atoms with Crippen LogP contribution in [-0.2, 0) is 27.2 Å². The molecule has 0 fully saturated rings. The van der Waals surface area contributed by atoms with Crippen molar-refractivity contribution in [3.63, 3.8) is 0 Å². The zero-order valence-electron chi connectivity index (χ0n) is 2.29. The summed E-state index contributed by atoms with van der Waals surface area (Å²) in [5.41, 5.74) is 0. The van der Waals surface area contributed by atoms with E-state index in [1.807, 2.05) is 0 Å². The summed E-state index contributed by atoms with van der Waals surface area (Å²) < 4.78 is 0. The Hall–Kier alpha value is 0.564. The molecule has 0 aromatic carbocycles. The van der Waals surface area contributed by atoms with E-state index in [0.29, 0.717) is 0 Å². The Labute approximate surface area is 38.7 Å². The summed E-state index contributed by atoms with van der Waals surface area (Å²) >= 11 is 0. The first-order valence-corrected chi connectivity index (χ1v) is 0. The van der Waals surface area contributed by atoms with E-state index in [4.69, 9.17) is 0 Å². The van der Waals surface area contributed by atoms with Crippen LogP contribution in [0.15, 0.2) is 0 Å². The fraction of sp³-hybridized carbons (Fsp3) is 0. The first kappa shape index (κ1) is 182. The molecule has 0 saturated heterocycles. The SMILES string of the molecule is [F-].[NH4+].[O-2].[Ti+2]. The van der Waals surface area contributed by atoms with Gasteiger partial charge in [0.25, 0.3) is 0 Å². The van der Waals surface area contributed by atoms with Crippen molar-refractivity contribution in [2.45, 2.75) is 0 Å². The minimum absolute atomic E-state index is 0. The minimum Gasteiger partial charge on any atom is -2.00 e. The maximum Gasteiger partial charge on any atom is 2.00 e. The molecule has 0 bridgehead atoms. The molecule has 0 unspecified atom stereocenters. The Bertz CT molecular complexity index is 8.00. The molecule has 0 spiro atoms. The molecule has 0 heterocycles. The number of rotatable bonds is 0. The van der Waals surface area contributed by atoms with Crippen LogP contribution in [0, 0.1) is 0 Å². The van der Waals surface area contributed by atoms with Crippen molar-refractivity contribution in [1.82, 2.24) is 6.15 Å². The van der Waals surface area contributed by atoms with Gasteiger partial charge in [0.1, 0.15) is 0 Å². The van der Waals surface area contributed by atoms with Crippen molar-refractivity contribution >= 4 is 0 Å². The third-order valence-electron chi connectivity index (χ3n) is 0. The Morgan fingerprint density at radius 3 is 1.00 bits per heavy atom. The molecule has 2 nitrogen and oxygen atoms in total. The van der Waals surface area contributed by atoms with Crippen molar-refractivity contribution in [3.05, 3.63) is 0 Å². The van der Waals surface area contributed by atoms with Crippen LogP contribution in [0.4, 0.5) is 0 Å². The van der Waals surface area contributed by atoms with Crippen LogP contribution in [0.1, 0.15) is 0 Å². The third-order valence-corrected chi connectivity index (χ3v) is 0. The second kappa shape index (κ2) is 73.6. The summed E-state index contributed by atoms with van der Waals surface area (Å²) in [6.07, 6.45) is 0. The number of halogens is 1. The topological polar surface area (TPSA) is 65.0 Å². The predicted molar refractivity (Wildman–Crippen MR) is 6.67 cm³/mol. The molecule has 0 radical (unpaired) electrons. The van der Waals surface area contributed by atoms with Gasteiger partial charge in [-0.3, -0.25) is 0 Å². The van der Waals surface area contributed by atoms with E-state index < -0.39 is 0 Å². The minimum atomic E-state index is 0.